The summed E-state index contributed by atoms with van der Waals surface area (Å²) in [4.78, 5) is 3.25. The van der Waals surface area contributed by atoms with E-state index in [2.05, 4.69) is 4.98 Å². The summed E-state index contributed by atoms with van der Waals surface area (Å²) < 4.78 is 5.28. The molecule has 3 N–H and O–H groups in total. The molecule has 0 spiro atoms. The molecular formula is C11H13ClN2O. The Kier molecular flexibility index (Phi) is 2.59. The summed E-state index contributed by atoms with van der Waals surface area (Å²) in [7, 11) is 1.62. The number of fused-ring (bicyclic) bond motifs is 1. The average Bonchev–Trinajstić information content (AvgIpc) is 2.62. The maximum Gasteiger partial charge on any atom is 0.146 e. The van der Waals surface area contributed by atoms with E-state index in [-0.39, 0.29) is 0 Å². The van der Waals surface area contributed by atoms with Crippen LogP contribution in [0.1, 0.15) is 11.3 Å². The highest BCUT2D eigenvalue weighted by Gasteiger charge is 2.11. The molecule has 4 heteroatoms. The molecule has 3 nitrogen and oxygen atoms in total. The van der Waals surface area contributed by atoms with Crippen molar-refractivity contribution in [2.24, 2.45) is 5.73 Å². The Balaban J connectivity index is 2.81. The zero-order valence-electron chi connectivity index (χ0n) is 8.73. The number of hydrogen-bond acceptors (Lipinski definition) is 2. The van der Waals surface area contributed by atoms with Gasteiger partial charge in [0, 0.05) is 17.6 Å². The fraction of sp³-hybridized carbons (Fsp3) is 0.273. The lowest BCUT2D eigenvalue weighted by molar-refractivity contribution is 0.420. The topological polar surface area (TPSA) is 51.0 Å². The van der Waals surface area contributed by atoms with Gasteiger partial charge in [-0.3, -0.25) is 0 Å². The van der Waals surface area contributed by atoms with Crippen LogP contribution < -0.4 is 10.5 Å². The van der Waals surface area contributed by atoms with Gasteiger partial charge in [-0.05, 0) is 24.6 Å². The molecular weight excluding hydrogens is 212 g/mol. The summed E-state index contributed by atoms with van der Waals surface area (Å²) in [5, 5.41) is 1.62. The first-order valence-electron chi connectivity index (χ1n) is 4.72. The highest BCUT2D eigenvalue weighted by Crippen LogP contribution is 2.35. The van der Waals surface area contributed by atoms with E-state index in [1.165, 1.54) is 0 Å². The maximum atomic E-state index is 6.09. The number of aryl methyl sites for hydroxylation is 1. The zero-order valence-corrected chi connectivity index (χ0v) is 9.48. The van der Waals surface area contributed by atoms with E-state index in [1.807, 2.05) is 19.1 Å². The van der Waals surface area contributed by atoms with Gasteiger partial charge in [-0.25, -0.2) is 0 Å². The van der Waals surface area contributed by atoms with E-state index >= 15 is 0 Å². The molecule has 1 heterocycles. The van der Waals surface area contributed by atoms with Crippen molar-refractivity contribution in [3.8, 4) is 5.75 Å². The average molecular weight is 225 g/mol. The van der Waals surface area contributed by atoms with Crippen LogP contribution in [0.25, 0.3) is 10.9 Å². The van der Waals surface area contributed by atoms with Crippen molar-refractivity contribution in [1.29, 1.82) is 0 Å². The van der Waals surface area contributed by atoms with Crippen LogP contribution in [0.3, 0.4) is 0 Å². The first kappa shape index (κ1) is 10.3. The van der Waals surface area contributed by atoms with Crippen molar-refractivity contribution in [1.82, 2.24) is 4.98 Å². The molecule has 2 rings (SSSR count). The van der Waals surface area contributed by atoms with Gasteiger partial charge in [-0.1, -0.05) is 11.6 Å². The summed E-state index contributed by atoms with van der Waals surface area (Å²) in [5.41, 5.74) is 8.70. The van der Waals surface area contributed by atoms with Gasteiger partial charge in [0.05, 0.1) is 17.6 Å². The Labute approximate surface area is 93.2 Å². The highest BCUT2D eigenvalue weighted by molar-refractivity contribution is 6.33. The summed E-state index contributed by atoms with van der Waals surface area (Å²) in [6, 6.07) is 3.87. The van der Waals surface area contributed by atoms with E-state index < -0.39 is 0 Å². The standard InChI is InChI=1S/C11H13ClN2O/c1-6-3-9(12)11(15-2)8-4-7(5-13)14-10(6)8/h3-4,14H,5,13H2,1-2H3. The summed E-state index contributed by atoms with van der Waals surface area (Å²) in [6.07, 6.45) is 0. The number of aromatic nitrogens is 1. The monoisotopic (exact) mass is 224 g/mol. The summed E-state index contributed by atoms with van der Waals surface area (Å²) >= 11 is 6.09. The van der Waals surface area contributed by atoms with Crippen molar-refractivity contribution in [3.05, 3.63) is 28.4 Å². The van der Waals surface area contributed by atoms with Crippen molar-refractivity contribution in [3.63, 3.8) is 0 Å². The first-order chi connectivity index (χ1) is 7.17. The summed E-state index contributed by atoms with van der Waals surface area (Å²) in [6.45, 7) is 2.49. The molecule has 0 radical (unpaired) electrons. The highest BCUT2D eigenvalue weighted by atomic mass is 35.5. The number of aromatic amines is 1. The molecule has 0 aliphatic carbocycles. The lowest BCUT2D eigenvalue weighted by Crippen LogP contribution is -1.95. The fourth-order valence-corrected chi connectivity index (χ4v) is 2.12. The predicted molar refractivity (Wildman–Crippen MR) is 62.5 cm³/mol. The van der Waals surface area contributed by atoms with Crippen LogP contribution in [0.4, 0.5) is 0 Å². The largest absolute Gasteiger partial charge is 0.494 e. The van der Waals surface area contributed by atoms with Crippen LogP contribution in [-0.2, 0) is 6.54 Å². The van der Waals surface area contributed by atoms with Crippen LogP contribution in [-0.4, -0.2) is 12.1 Å². The van der Waals surface area contributed by atoms with Gasteiger partial charge in [-0.2, -0.15) is 0 Å². The second-order valence-corrected chi connectivity index (χ2v) is 3.90. The van der Waals surface area contributed by atoms with Gasteiger partial charge in [0.2, 0.25) is 0 Å². The molecule has 0 saturated heterocycles. The Hall–Kier alpha value is -1.19. The molecule has 1 aromatic heterocycles. The molecule has 0 amide bonds. The number of nitrogens with two attached hydrogens (primary N) is 1. The third-order valence-electron chi connectivity index (χ3n) is 2.50. The van der Waals surface area contributed by atoms with Crippen molar-refractivity contribution >= 4 is 22.5 Å². The number of benzene rings is 1. The molecule has 0 aliphatic rings. The summed E-state index contributed by atoms with van der Waals surface area (Å²) in [5.74, 6) is 0.702. The lowest BCUT2D eigenvalue weighted by atomic mass is 10.1. The molecule has 0 bridgehead atoms. The number of rotatable bonds is 2. The first-order valence-corrected chi connectivity index (χ1v) is 5.10. The SMILES string of the molecule is COc1c(Cl)cc(C)c2[nH]c(CN)cc12. The molecule has 0 saturated carbocycles. The van der Waals surface area contributed by atoms with Gasteiger partial charge in [-0.15, -0.1) is 0 Å². The second kappa shape index (κ2) is 3.76. The molecule has 1 aromatic carbocycles. The second-order valence-electron chi connectivity index (χ2n) is 3.50. The van der Waals surface area contributed by atoms with Crippen LogP contribution in [0.15, 0.2) is 12.1 Å². The van der Waals surface area contributed by atoms with Gasteiger partial charge in [0.1, 0.15) is 5.75 Å². The van der Waals surface area contributed by atoms with Crippen LogP contribution in [0.2, 0.25) is 5.02 Å². The number of halogens is 1. The number of methoxy groups -OCH3 is 1. The van der Waals surface area contributed by atoms with Gasteiger partial charge >= 0.3 is 0 Å². The molecule has 80 valence electrons. The van der Waals surface area contributed by atoms with E-state index in [1.54, 1.807) is 7.11 Å². The third-order valence-corrected chi connectivity index (χ3v) is 2.78. The lowest BCUT2D eigenvalue weighted by Gasteiger charge is -2.06. The molecule has 15 heavy (non-hydrogen) atoms. The Morgan fingerprint density at radius 3 is 2.80 bits per heavy atom. The number of ether oxygens (including phenoxy) is 1. The van der Waals surface area contributed by atoms with E-state index in [4.69, 9.17) is 22.1 Å². The minimum Gasteiger partial charge on any atom is -0.494 e. The molecule has 0 aliphatic heterocycles. The zero-order chi connectivity index (χ0) is 11.0. The van der Waals surface area contributed by atoms with Crippen LogP contribution in [0.5, 0.6) is 5.75 Å². The smallest absolute Gasteiger partial charge is 0.146 e. The van der Waals surface area contributed by atoms with Crippen molar-refractivity contribution in [2.75, 3.05) is 7.11 Å². The van der Waals surface area contributed by atoms with E-state index in [0.29, 0.717) is 17.3 Å². The van der Waals surface area contributed by atoms with Gasteiger partial charge in [0.25, 0.3) is 0 Å². The van der Waals surface area contributed by atoms with E-state index in [0.717, 1.165) is 22.2 Å². The number of hydrogen-bond donors (Lipinski definition) is 2. The molecule has 0 fully saturated rings. The quantitative estimate of drug-likeness (QED) is 0.824. The predicted octanol–water partition coefficient (Wildman–Crippen LogP) is 2.60. The number of H-pyrrole nitrogens is 1. The van der Waals surface area contributed by atoms with Crippen LogP contribution in [0, 0.1) is 6.92 Å². The third kappa shape index (κ3) is 1.58. The van der Waals surface area contributed by atoms with E-state index in [9.17, 15) is 0 Å². The van der Waals surface area contributed by atoms with Gasteiger partial charge < -0.3 is 15.5 Å². The minimum absolute atomic E-state index is 0.481. The fourth-order valence-electron chi connectivity index (χ4n) is 1.77. The van der Waals surface area contributed by atoms with Crippen LogP contribution >= 0.6 is 11.6 Å². The Bertz CT molecular complexity index is 505. The molecule has 2 aromatic rings. The molecule has 0 unspecified atom stereocenters. The van der Waals surface area contributed by atoms with Crippen molar-refractivity contribution < 1.29 is 4.74 Å². The normalized spacial score (nSPS) is 10.9. The Morgan fingerprint density at radius 2 is 2.20 bits per heavy atom. The van der Waals surface area contributed by atoms with Crippen molar-refractivity contribution in [2.45, 2.75) is 13.5 Å². The number of nitrogens with one attached hydrogen (secondary N) is 1. The molecule has 0 atom stereocenters. The van der Waals surface area contributed by atoms with Gasteiger partial charge in [0.15, 0.2) is 0 Å². The Morgan fingerprint density at radius 1 is 1.47 bits per heavy atom. The maximum absolute atomic E-state index is 6.09. The minimum atomic E-state index is 0.481.